The summed E-state index contributed by atoms with van der Waals surface area (Å²) >= 11 is 1.35. The number of benzene rings is 2. The third-order valence-corrected chi connectivity index (χ3v) is 5.21. The summed E-state index contributed by atoms with van der Waals surface area (Å²) in [6.45, 7) is 2.07. The van der Waals surface area contributed by atoms with Gasteiger partial charge in [0.25, 0.3) is 0 Å². The van der Waals surface area contributed by atoms with E-state index in [2.05, 4.69) is 4.99 Å². The van der Waals surface area contributed by atoms with Gasteiger partial charge < -0.3 is 14.0 Å². The molecule has 3 aromatic rings. The van der Waals surface area contributed by atoms with Crippen molar-refractivity contribution in [1.29, 1.82) is 0 Å². The molecular weight excluding hydrogens is 376 g/mol. The van der Waals surface area contributed by atoms with Crippen molar-refractivity contribution in [2.24, 2.45) is 4.99 Å². The van der Waals surface area contributed by atoms with E-state index in [0.29, 0.717) is 30.0 Å². The zero-order valence-electron chi connectivity index (χ0n) is 15.9. The molecule has 7 heteroatoms. The SMILES string of the molecule is CCOC(=O)Cn1c(=NC(=O)CCc2ccccc2)sc2cc(OC)ccc21. The van der Waals surface area contributed by atoms with Crippen molar-refractivity contribution in [2.75, 3.05) is 13.7 Å². The summed E-state index contributed by atoms with van der Waals surface area (Å²) in [5.41, 5.74) is 1.90. The van der Waals surface area contributed by atoms with Gasteiger partial charge in [-0.15, -0.1) is 0 Å². The summed E-state index contributed by atoms with van der Waals surface area (Å²) in [5, 5.41) is 0. The second kappa shape index (κ2) is 9.32. The molecule has 0 unspecified atom stereocenters. The van der Waals surface area contributed by atoms with Gasteiger partial charge in [0.15, 0.2) is 4.80 Å². The first kappa shape index (κ1) is 19.8. The van der Waals surface area contributed by atoms with Crippen LogP contribution in [0.2, 0.25) is 0 Å². The summed E-state index contributed by atoms with van der Waals surface area (Å²) in [7, 11) is 1.60. The van der Waals surface area contributed by atoms with Crippen LogP contribution in [0.1, 0.15) is 18.9 Å². The Kier molecular flexibility index (Phi) is 6.60. The van der Waals surface area contributed by atoms with Gasteiger partial charge >= 0.3 is 5.97 Å². The summed E-state index contributed by atoms with van der Waals surface area (Å²) in [4.78, 5) is 29.2. The average Bonchev–Trinajstić information content (AvgIpc) is 3.03. The maximum atomic E-state index is 12.4. The minimum atomic E-state index is -0.365. The number of nitrogens with zero attached hydrogens (tertiary/aromatic N) is 2. The molecule has 28 heavy (non-hydrogen) atoms. The number of aromatic nitrogens is 1. The quantitative estimate of drug-likeness (QED) is 0.573. The lowest BCUT2D eigenvalue weighted by atomic mass is 10.1. The van der Waals surface area contributed by atoms with Crippen LogP contribution < -0.4 is 9.54 Å². The van der Waals surface area contributed by atoms with Crippen LogP contribution in [0.5, 0.6) is 5.75 Å². The van der Waals surface area contributed by atoms with Crippen LogP contribution in [0.25, 0.3) is 10.2 Å². The highest BCUT2D eigenvalue weighted by Crippen LogP contribution is 2.23. The molecule has 146 valence electrons. The normalized spacial score (nSPS) is 11.6. The summed E-state index contributed by atoms with van der Waals surface area (Å²) < 4.78 is 12.9. The lowest BCUT2D eigenvalue weighted by Gasteiger charge is -2.05. The van der Waals surface area contributed by atoms with Gasteiger partial charge in [-0.05, 0) is 37.1 Å². The molecule has 0 bridgehead atoms. The minimum absolute atomic E-state index is 0.00493. The van der Waals surface area contributed by atoms with Crippen LogP contribution in [-0.4, -0.2) is 30.2 Å². The Labute approximate surface area is 167 Å². The van der Waals surface area contributed by atoms with Crippen LogP contribution in [-0.2, 0) is 27.3 Å². The monoisotopic (exact) mass is 398 g/mol. The fourth-order valence-corrected chi connectivity index (χ4v) is 3.89. The average molecular weight is 398 g/mol. The summed E-state index contributed by atoms with van der Waals surface area (Å²) in [6, 6.07) is 15.4. The number of thiazole rings is 1. The standard InChI is InChI=1S/C21H22N2O4S/c1-3-27-20(25)14-23-17-11-10-16(26-2)13-18(17)28-21(23)22-19(24)12-9-15-7-5-4-6-8-15/h4-8,10-11,13H,3,9,12,14H2,1-2H3. The second-order valence-electron chi connectivity index (χ2n) is 6.10. The first-order valence-electron chi connectivity index (χ1n) is 9.05. The predicted molar refractivity (Wildman–Crippen MR) is 108 cm³/mol. The lowest BCUT2D eigenvalue weighted by Crippen LogP contribution is -2.23. The maximum Gasteiger partial charge on any atom is 0.326 e. The molecule has 0 saturated heterocycles. The first-order valence-corrected chi connectivity index (χ1v) is 9.87. The van der Waals surface area contributed by atoms with Crippen LogP contribution in [0.15, 0.2) is 53.5 Å². The van der Waals surface area contributed by atoms with Crippen molar-refractivity contribution >= 4 is 33.4 Å². The number of esters is 1. The van der Waals surface area contributed by atoms with Gasteiger partial charge in [0.1, 0.15) is 12.3 Å². The predicted octanol–water partition coefficient (Wildman–Crippen LogP) is 3.33. The summed E-state index contributed by atoms with van der Waals surface area (Å²) in [6.07, 6.45) is 0.931. The molecular formula is C21H22N2O4S. The van der Waals surface area contributed by atoms with Gasteiger partial charge in [0.2, 0.25) is 5.91 Å². The number of carbonyl (C=O) groups excluding carboxylic acids is 2. The highest BCUT2D eigenvalue weighted by molar-refractivity contribution is 7.16. The highest BCUT2D eigenvalue weighted by atomic mass is 32.1. The van der Waals surface area contributed by atoms with E-state index in [1.807, 2.05) is 48.5 Å². The number of amides is 1. The number of hydrogen-bond acceptors (Lipinski definition) is 5. The van der Waals surface area contributed by atoms with Gasteiger partial charge in [-0.3, -0.25) is 9.59 Å². The lowest BCUT2D eigenvalue weighted by molar-refractivity contribution is -0.143. The highest BCUT2D eigenvalue weighted by Gasteiger charge is 2.13. The van der Waals surface area contributed by atoms with Gasteiger partial charge in [0, 0.05) is 6.42 Å². The largest absolute Gasteiger partial charge is 0.497 e. The Balaban J connectivity index is 1.91. The minimum Gasteiger partial charge on any atom is -0.497 e. The third kappa shape index (κ3) is 4.86. The molecule has 1 heterocycles. The number of hydrogen-bond donors (Lipinski definition) is 0. The maximum absolute atomic E-state index is 12.4. The van der Waals surface area contributed by atoms with E-state index in [9.17, 15) is 9.59 Å². The van der Waals surface area contributed by atoms with Crippen LogP contribution >= 0.6 is 11.3 Å². The molecule has 0 radical (unpaired) electrons. The second-order valence-corrected chi connectivity index (χ2v) is 7.11. The van der Waals surface area contributed by atoms with Gasteiger partial charge in [-0.1, -0.05) is 41.7 Å². The third-order valence-electron chi connectivity index (χ3n) is 4.17. The Bertz CT molecular complexity index is 1040. The van der Waals surface area contributed by atoms with Gasteiger partial charge in [0.05, 0.1) is 23.9 Å². The van der Waals surface area contributed by atoms with Crippen molar-refractivity contribution in [2.45, 2.75) is 26.3 Å². The molecule has 0 aliphatic heterocycles. The molecule has 0 aliphatic rings. The Morgan fingerprint density at radius 2 is 1.93 bits per heavy atom. The molecule has 0 spiro atoms. The van der Waals surface area contributed by atoms with Gasteiger partial charge in [-0.25, -0.2) is 0 Å². The van der Waals surface area contributed by atoms with E-state index in [4.69, 9.17) is 9.47 Å². The first-order chi connectivity index (χ1) is 13.6. The van der Waals surface area contributed by atoms with Gasteiger partial charge in [-0.2, -0.15) is 4.99 Å². The van der Waals surface area contributed by atoms with Crippen LogP contribution in [0.4, 0.5) is 0 Å². The molecule has 0 atom stereocenters. The number of ether oxygens (including phenoxy) is 2. The van der Waals surface area contributed by atoms with Crippen molar-refractivity contribution in [3.8, 4) is 5.75 Å². The number of methoxy groups -OCH3 is 1. The Morgan fingerprint density at radius 3 is 2.64 bits per heavy atom. The zero-order chi connectivity index (χ0) is 19.9. The Hall–Kier alpha value is -2.93. The van der Waals surface area contributed by atoms with Crippen LogP contribution in [0, 0.1) is 0 Å². The van der Waals surface area contributed by atoms with E-state index in [1.165, 1.54) is 11.3 Å². The van der Waals surface area contributed by atoms with E-state index < -0.39 is 0 Å². The molecule has 0 saturated carbocycles. The molecule has 1 amide bonds. The topological polar surface area (TPSA) is 69.9 Å². The number of rotatable bonds is 7. The fraction of sp³-hybridized carbons (Fsp3) is 0.286. The molecule has 0 N–H and O–H groups in total. The number of carbonyl (C=O) groups is 2. The fourth-order valence-electron chi connectivity index (χ4n) is 2.81. The molecule has 1 aromatic heterocycles. The van der Waals surface area contributed by atoms with E-state index in [-0.39, 0.29) is 18.4 Å². The van der Waals surface area contributed by atoms with Crippen molar-refractivity contribution in [3.05, 3.63) is 58.9 Å². The van der Waals surface area contributed by atoms with Crippen molar-refractivity contribution in [3.63, 3.8) is 0 Å². The van der Waals surface area contributed by atoms with E-state index in [1.54, 1.807) is 18.6 Å². The molecule has 0 aliphatic carbocycles. The molecule has 3 rings (SSSR count). The summed E-state index contributed by atoms with van der Waals surface area (Å²) in [5.74, 6) is 0.121. The zero-order valence-corrected chi connectivity index (χ0v) is 16.7. The van der Waals surface area contributed by atoms with Crippen LogP contribution in [0.3, 0.4) is 0 Å². The molecule has 2 aromatic carbocycles. The molecule has 6 nitrogen and oxygen atoms in total. The molecule has 0 fully saturated rings. The Morgan fingerprint density at radius 1 is 1.14 bits per heavy atom. The number of fused-ring (bicyclic) bond motifs is 1. The smallest absolute Gasteiger partial charge is 0.326 e. The number of aryl methyl sites for hydroxylation is 1. The van der Waals surface area contributed by atoms with Crippen molar-refractivity contribution in [1.82, 2.24) is 4.57 Å². The van der Waals surface area contributed by atoms with E-state index >= 15 is 0 Å². The van der Waals surface area contributed by atoms with E-state index in [0.717, 1.165) is 15.8 Å². The van der Waals surface area contributed by atoms with Crippen molar-refractivity contribution < 1.29 is 19.1 Å².